The molecule has 0 saturated carbocycles. The first kappa shape index (κ1) is 17.6. The van der Waals surface area contributed by atoms with Crippen LogP contribution in [0, 0.1) is 0 Å². The van der Waals surface area contributed by atoms with E-state index in [4.69, 9.17) is 0 Å². The monoisotopic (exact) mass is 319 g/mol. The molecule has 0 aromatic heterocycles. The number of hydrogen-bond acceptors (Lipinski definition) is 4. The second-order valence-electron chi connectivity index (χ2n) is 6.26. The number of rotatable bonds is 5. The van der Waals surface area contributed by atoms with Crippen molar-refractivity contribution in [3.8, 4) is 0 Å². The summed E-state index contributed by atoms with van der Waals surface area (Å²) in [6.45, 7) is 6.72. The maximum Gasteiger partial charge on any atom is 0.319 e. The van der Waals surface area contributed by atoms with Crippen molar-refractivity contribution in [2.75, 3.05) is 64.1 Å². The van der Waals surface area contributed by atoms with Gasteiger partial charge in [0.2, 0.25) is 0 Å². The number of carbonyl (C=O) groups is 1. The molecule has 0 spiro atoms. The van der Waals surface area contributed by atoms with Gasteiger partial charge in [-0.25, -0.2) is 4.79 Å². The van der Waals surface area contributed by atoms with Gasteiger partial charge in [0.1, 0.15) is 0 Å². The lowest BCUT2D eigenvalue weighted by Gasteiger charge is -2.37. The number of nitrogens with zero attached hydrogens (tertiary/aromatic N) is 3. The summed E-state index contributed by atoms with van der Waals surface area (Å²) in [7, 11) is 6.25. The molecule has 0 aliphatic carbocycles. The van der Waals surface area contributed by atoms with Crippen LogP contribution in [0.3, 0.4) is 0 Å². The van der Waals surface area contributed by atoms with Crippen molar-refractivity contribution in [1.29, 1.82) is 0 Å². The summed E-state index contributed by atoms with van der Waals surface area (Å²) in [5, 5.41) is 5.97. The summed E-state index contributed by atoms with van der Waals surface area (Å²) in [6.07, 6.45) is 0. The van der Waals surface area contributed by atoms with E-state index in [9.17, 15) is 4.79 Å². The highest BCUT2D eigenvalue weighted by Crippen LogP contribution is 2.24. The third kappa shape index (κ3) is 4.84. The Morgan fingerprint density at radius 2 is 2.04 bits per heavy atom. The van der Waals surface area contributed by atoms with Gasteiger partial charge in [0.05, 0.1) is 11.4 Å². The van der Waals surface area contributed by atoms with Crippen LogP contribution < -0.4 is 15.5 Å². The molecular formula is C17H29N5O. The maximum atomic E-state index is 12.2. The molecule has 1 aliphatic heterocycles. The fraction of sp³-hybridized carbons (Fsp3) is 0.588. The van der Waals surface area contributed by atoms with Gasteiger partial charge in [0.15, 0.2) is 0 Å². The number of benzene rings is 1. The lowest BCUT2D eigenvalue weighted by atomic mass is 10.2. The van der Waals surface area contributed by atoms with Crippen LogP contribution in [0.15, 0.2) is 24.3 Å². The largest absolute Gasteiger partial charge is 0.373 e. The van der Waals surface area contributed by atoms with E-state index in [-0.39, 0.29) is 6.03 Å². The molecule has 1 aromatic rings. The van der Waals surface area contributed by atoms with Crippen molar-refractivity contribution in [1.82, 2.24) is 15.1 Å². The van der Waals surface area contributed by atoms with Crippen LogP contribution in [-0.4, -0.2) is 75.7 Å². The van der Waals surface area contributed by atoms with Crippen LogP contribution in [-0.2, 0) is 0 Å². The van der Waals surface area contributed by atoms with Crippen LogP contribution >= 0.6 is 0 Å². The summed E-state index contributed by atoms with van der Waals surface area (Å²) in [5.41, 5.74) is 1.86. The molecular weight excluding hydrogens is 290 g/mol. The van der Waals surface area contributed by atoms with Crippen molar-refractivity contribution >= 4 is 17.4 Å². The van der Waals surface area contributed by atoms with Crippen molar-refractivity contribution in [3.05, 3.63) is 24.3 Å². The zero-order valence-corrected chi connectivity index (χ0v) is 14.7. The molecule has 2 N–H and O–H groups in total. The summed E-state index contributed by atoms with van der Waals surface area (Å²) >= 11 is 0. The van der Waals surface area contributed by atoms with Crippen molar-refractivity contribution in [2.24, 2.45) is 0 Å². The Balaban J connectivity index is 1.90. The molecule has 1 fully saturated rings. The van der Waals surface area contributed by atoms with E-state index in [2.05, 4.69) is 46.4 Å². The van der Waals surface area contributed by atoms with E-state index in [0.29, 0.717) is 12.6 Å². The highest BCUT2D eigenvalue weighted by Gasteiger charge is 2.22. The highest BCUT2D eigenvalue weighted by atomic mass is 16.2. The Labute approximate surface area is 139 Å². The van der Waals surface area contributed by atoms with E-state index in [1.54, 1.807) is 0 Å². The number of likely N-dealkylation sites (N-methyl/N-ethyl adjacent to an activating group) is 2. The minimum Gasteiger partial charge on any atom is -0.373 e. The van der Waals surface area contributed by atoms with Crippen molar-refractivity contribution in [3.63, 3.8) is 0 Å². The molecule has 1 aliphatic rings. The molecule has 128 valence electrons. The Bertz CT molecular complexity index is 521. The van der Waals surface area contributed by atoms with Crippen LogP contribution in [0.2, 0.25) is 0 Å². The number of anilines is 2. The topological polar surface area (TPSA) is 50.9 Å². The fourth-order valence-electron chi connectivity index (χ4n) is 2.78. The first-order chi connectivity index (χ1) is 11.0. The quantitative estimate of drug-likeness (QED) is 0.864. The zero-order valence-electron chi connectivity index (χ0n) is 14.7. The first-order valence-corrected chi connectivity index (χ1v) is 8.25. The molecule has 23 heavy (non-hydrogen) atoms. The summed E-state index contributed by atoms with van der Waals surface area (Å²) in [4.78, 5) is 19.0. The van der Waals surface area contributed by atoms with E-state index in [1.807, 2.05) is 31.3 Å². The van der Waals surface area contributed by atoms with Gasteiger partial charge in [-0.1, -0.05) is 12.1 Å². The van der Waals surface area contributed by atoms with Gasteiger partial charge >= 0.3 is 6.03 Å². The second kappa shape index (κ2) is 8.17. The van der Waals surface area contributed by atoms with Gasteiger partial charge in [-0.05, 0) is 33.2 Å². The molecule has 0 unspecified atom stereocenters. The molecule has 0 radical (unpaired) electrons. The summed E-state index contributed by atoms with van der Waals surface area (Å²) in [5.74, 6) is 0. The van der Waals surface area contributed by atoms with E-state index in [0.717, 1.165) is 37.6 Å². The Morgan fingerprint density at radius 3 is 2.78 bits per heavy atom. The van der Waals surface area contributed by atoms with Gasteiger partial charge in [-0.15, -0.1) is 0 Å². The summed E-state index contributed by atoms with van der Waals surface area (Å²) in [6, 6.07) is 8.07. The predicted molar refractivity (Wildman–Crippen MR) is 96.3 cm³/mol. The Morgan fingerprint density at radius 1 is 1.30 bits per heavy atom. The number of piperazine rings is 1. The van der Waals surface area contributed by atoms with Crippen LogP contribution in [0.5, 0.6) is 0 Å². The van der Waals surface area contributed by atoms with E-state index >= 15 is 0 Å². The normalized spacial score (nSPS) is 19.4. The molecule has 1 saturated heterocycles. The van der Waals surface area contributed by atoms with Crippen LogP contribution in [0.1, 0.15) is 6.92 Å². The molecule has 2 rings (SSSR count). The standard InChI is InChI=1S/C17H29N5O/c1-5-21(3)16-9-7-6-8-15(16)19-17(23)18-12-14-13-20(2)10-11-22(14)4/h6-9,14H,5,10-13H2,1-4H3,(H2,18,19,23)/t14-/m1/s1. The van der Waals surface area contributed by atoms with Gasteiger partial charge in [-0.3, -0.25) is 4.90 Å². The number of para-hydroxylation sites is 2. The minimum atomic E-state index is -0.149. The van der Waals surface area contributed by atoms with Crippen molar-refractivity contribution < 1.29 is 4.79 Å². The zero-order chi connectivity index (χ0) is 16.8. The van der Waals surface area contributed by atoms with Gasteiger partial charge in [0, 0.05) is 45.8 Å². The molecule has 6 nitrogen and oxygen atoms in total. The number of nitrogens with one attached hydrogen (secondary N) is 2. The minimum absolute atomic E-state index is 0.149. The Hall–Kier alpha value is -1.79. The molecule has 1 heterocycles. The molecule has 1 atom stereocenters. The molecule has 2 amide bonds. The lowest BCUT2D eigenvalue weighted by molar-refractivity contribution is 0.115. The third-order valence-corrected chi connectivity index (χ3v) is 4.52. The number of carbonyl (C=O) groups excluding carboxylic acids is 1. The number of hydrogen-bond donors (Lipinski definition) is 2. The summed E-state index contributed by atoms with van der Waals surface area (Å²) < 4.78 is 0. The highest BCUT2D eigenvalue weighted by molar-refractivity contribution is 5.93. The van der Waals surface area contributed by atoms with Crippen molar-refractivity contribution in [2.45, 2.75) is 13.0 Å². The second-order valence-corrected chi connectivity index (χ2v) is 6.26. The van der Waals surface area contributed by atoms with Gasteiger partial charge in [-0.2, -0.15) is 0 Å². The number of urea groups is 1. The first-order valence-electron chi connectivity index (χ1n) is 8.25. The third-order valence-electron chi connectivity index (χ3n) is 4.52. The van der Waals surface area contributed by atoms with Crippen LogP contribution in [0.25, 0.3) is 0 Å². The fourth-order valence-corrected chi connectivity index (χ4v) is 2.78. The maximum absolute atomic E-state index is 12.2. The van der Waals surface area contributed by atoms with Gasteiger partial charge < -0.3 is 20.4 Å². The predicted octanol–water partition coefficient (Wildman–Crippen LogP) is 1.51. The van der Waals surface area contributed by atoms with E-state index in [1.165, 1.54) is 0 Å². The van der Waals surface area contributed by atoms with Crippen LogP contribution in [0.4, 0.5) is 16.2 Å². The smallest absolute Gasteiger partial charge is 0.319 e. The average molecular weight is 319 g/mol. The number of amides is 2. The molecule has 1 aromatic carbocycles. The lowest BCUT2D eigenvalue weighted by Crippen LogP contribution is -2.54. The van der Waals surface area contributed by atoms with Gasteiger partial charge in [0.25, 0.3) is 0 Å². The average Bonchev–Trinajstić information content (AvgIpc) is 2.55. The molecule has 0 bridgehead atoms. The SMILES string of the molecule is CCN(C)c1ccccc1NC(=O)NC[C@@H]1CN(C)CCN1C. The van der Waals surface area contributed by atoms with E-state index < -0.39 is 0 Å². The molecule has 6 heteroatoms. The Kier molecular flexibility index (Phi) is 6.24.